The van der Waals surface area contributed by atoms with Gasteiger partial charge in [-0.25, -0.2) is 4.98 Å². The van der Waals surface area contributed by atoms with Gasteiger partial charge in [0.15, 0.2) is 0 Å². The molecule has 1 N–H and O–H groups in total. The fraction of sp³-hybridized carbons (Fsp3) is 0.800. The third-order valence-corrected chi connectivity index (χ3v) is 4.09. The minimum atomic E-state index is 0.482. The average molecular weight is 265 g/mol. The number of likely N-dealkylation sites (N-methyl/N-ethyl adjacent to an activating group) is 1. The van der Waals surface area contributed by atoms with Crippen LogP contribution in [0.5, 0.6) is 0 Å². The number of aromatic nitrogens is 2. The quantitative estimate of drug-likeness (QED) is 0.822. The second kappa shape index (κ2) is 7.65. The summed E-state index contributed by atoms with van der Waals surface area (Å²) in [6, 6.07) is 0.498. The predicted octanol–water partition coefficient (Wildman–Crippen LogP) is 2.38. The van der Waals surface area contributed by atoms with E-state index in [0.29, 0.717) is 12.1 Å². The van der Waals surface area contributed by atoms with Gasteiger partial charge in [-0.05, 0) is 46.1 Å². The number of hydrogen-bond donors (Lipinski definition) is 1. The van der Waals surface area contributed by atoms with E-state index in [0.717, 1.165) is 26.0 Å². The van der Waals surface area contributed by atoms with Crippen LogP contribution >= 0.6 is 0 Å². The molecular formula is C15H27N3O. The number of hydrogen-bond acceptors (Lipinski definition) is 3. The number of imidazole rings is 1. The van der Waals surface area contributed by atoms with Gasteiger partial charge in [-0.15, -0.1) is 0 Å². The highest BCUT2D eigenvalue weighted by Crippen LogP contribution is 2.18. The SMILES string of the molecule is CCn1ccnc1CC(CCC1CCCCO1)NC. The van der Waals surface area contributed by atoms with E-state index in [9.17, 15) is 0 Å². The summed E-state index contributed by atoms with van der Waals surface area (Å²) in [6.07, 6.45) is 11.6. The van der Waals surface area contributed by atoms with E-state index in [-0.39, 0.29) is 0 Å². The molecule has 1 aliphatic rings. The van der Waals surface area contributed by atoms with Crippen LogP contribution in [0.4, 0.5) is 0 Å². The Hall–Kier alpha value is -0.870. The topological polar surface area (TPSA) is 39.1 Å². The lowest BCUT2D eigenvalue weighted by Crippen LogP contribution is -2.31. The normalized spacial score (nSPS) is 21.5. The number of aryl methyl sites for hydroxylation is 1. The molecule has 1 aromatic rings. The lowest BCUT2D eigenvalue weighted by molar-refractivity contribution is 0.00866. The first-order valence-electron chi connectivity index (χ1n) is 7.62. The van der Waals surface area contributed by atoms with Crippen molar-refractivity contribution in [2.24, 2.45) is 0 Å². The second-order valence-electron chi connectivity index (χ2n) is 5.39. The highest BCUT2D eigenvalue weighted by atomic mass is 16.5. The van der Waals surface area contributed by atoms with Gasteiger partial charge in [-0.2, -0.15) is 0 Å². The zero-order valence-electron chi connectivity index (χ0n) is 12.3. The maximum Gasteiger partial charge on any atom is 0.110 e. The van der Waals surface area contributed by atoms with Crippen LogP contribution in [0, 0.1) is 0 Å². The van der Waals surface area contributed by atoms with E-state index >= 15 is 0 Å². The summed E-state index contributed by atoms with van der Waals surface area (Å²) in [5, 5.41) is 3.42. The summed E-state index contributed by atoms with van der Waals surface area (Å²) in [5.74, 6) is 1.19. The average Bonchev–Trinajstić information content (AvgIpc) is 2.91. The fourth-order valence-electron chi connectivity index (χ4n) is 2.81. The highest BCUT2D eigenvalue weighted by molar-refractivity contribution is 4.95. The molecule has 0 bridgehead atoms. The molecule has 0 aliphatic carbocycles. The molecule has 0 saturated carbocycles. The smallest absolute Gasteiger partial charge is 0.110 e. The first-order valence-corrected chi connectivity index (χ1v) is 7.62. The van der Waals surface area contributed by atoms with Gasteiger partial charge in [-0.1, -0.05) is 0 Å². The molecule has 1 aromatic heterocycles. The summed E-state index contributed by atoms with van der Waals surface area (Å²) in [4.78, 5) is 4.46. The second-order valence-corrected chi connectivity index (χ2v) is 5.39. The van der Waals surface area contributed by atoms with Gasteiger partial charge in [-0.3, -0.25) is 0 Å². The fourth-order valence-corrected chi connectivity index (χ4v) is 2.81. The van der Waals surface area contributed by atoms with Gasteiger partial charge in [0.05, 0.1) is 6.10 Å². The molecule has 1 saturated heterocycles. The molecule has 0 spiro atoms. The zero-order chi connectivity index (χ0) is 13.5. The number of nitrogens with zero attached hydrogens (tertiary/aromatic N) is 2. The lowest BCUT2D eigenvalue weighted by Gasteiger charge is -2.24. The molecule has 0 radical (unpaired) electrons. The molecule has 1 aliphatic heterocycles. The molecule has 1 fully saturated rings. The first kappa shape index (κ1) is 14.5. The zero-order valence-corrected chi connectivity index (χ0v) is 12.3. The van der Waals surface area contributed by atoms with Gasteiger partial charge in [0.25, 0.3) is 0 Å². The van der Waals surface area contributed by atoms with Crippen LogP contribution in [0.1, 0.15) is 44.9 Å². The van der Waals surface area contributed by atoms with E-state index in [1.165, 1.54) is 31.5 Å². The molecule has 4 nitrogen and oxygen atoms in total. The van der Waals surface area contributed by atoms with E-state index in [1.807, 2.05) is 13.2 Å². The van der Waals surface area contributed by atoms with Crippen molar-refractivity contribution in [3.05, 3.63) is 18.2 Å². The van der Waals surface area contributed by atoms with Crippen LogP contribution in [-0.4, -0.2) is 35.4 Å². The molecule has 0 aromatic carbocycles. The number of ether oxygens (including phenoxy) is 1. The van der Waals surface area contributed by atoms with Crippen molar-refractivity contribution >= 4 is 0 Å². The van der Waals surface area contributed by atoms with Gasteiger partial charge < -0.3 is 14.6 Å². The molecule has 108 valence electrons. The van der Waals surface area contributed by atoms with Gasteiger partial charge in [0.2, 0.25) is 0 Å². The Morgan fingerprint density at radius 1 is 1.53 bits per heavy atom. The molecular weight excluding hydrogens is 238 g/mol. The van der Waals surface area contributed by atoms with Crippen LogP contribution in [0.15, 0.2) is 12.4 Å². The van der Waals surface area contributed by atoms with Crippen molar-refractivity contribution < 1.29 is 4.74 Å². The van der Waals surface area contributed by atoms with Crippen molar-refractivity contribution in [3.8, 4) is 0 Å². The molecule has 4 heteroatoms. The van der Waals surface area contributed by atoms with E-state index < -0.39 is 0 Å². The number of rotatable bonds is 7. The van der Waals surface area contributed by atoms with Gasteiger partial charge >= 0.3 is 0 Å². The third kappa shape index (κ3) is 4.32. The van der Waals surface area contributed by atoms with E-state index in [2.05, 4.69) is 28.0 Å². The summed E-state index contributed by atoms with van der Waals surface area (Å²) < 4.78 is 8.03. The van der Waals surface area contributed by atoms with Crippen LogP contribution in [0.2, 0.25) is 0 Å². The summed E-state index contributed by atoms with van der Waals surface area (Å²) in [6.45, 7) is 4.11. The van der Waals surface area contributed by atoms with Crippen molar-refractivity contribution in [2.75, 3.05) is 13.7 Å². The molecule has 2 rings (SSSR count). The Bertz CT molecular complexity index is 358. The minimum Gasteiger partial charge on any atom is -0.378 e. The molecule has 2 heterocycles. The number of nitrogens with one attached hydrogen (secondary N) is 1. The summed E-state index contributed by atoms with van der Waals surface area (Å²) in [7, 11) is 2.05. The standard InChI is InChI=1S/C15H27N3O/c1-3-18-10-9-17-15(18)12-13(16-2)7-8-14-6-4-5-11-19-14/h9-10,13-14,16H,3-8,11-12H2,1-2H3. The van der Waals surface area contributed by atoms with Crippen LogP contribution in [0.3, 0.4) is 0 Å². The Balaban J connectivity index is 1.79. The minimum absolute atomic E-state index is 0.482. The molecule has 19 heavy (non-hydrogen) atoms. The van der Waals surface area contributed by atoms with Crippen molar-refractivity contribution in [1.82, 2.24) is 14.9 Å². The monoisotopic (exact) mass is 265 g/mol. The van der Waals surface area contributed by atoms with Crippen LogP contribution in [0.25, 0.3) is 0 Å². The largest absolute Gasteiger partial charge is 0.378 e. The summed E-state index contributed by atoms with van der Waals surface area (Å²) in [5.41, 5.74) is 0. The van der Waals surface area contributed by atoms with Crippen molar-refractivity contribution in [1.29, 1.82) is 0 Å². The van der Waals surface area contributed by atoms with Gasteiger partial charge in [0.1, 0.15) is 5.82 Å². The molecule has 0 amide bonds. The Kier molecular flexibility index (Phi) is 5.86. The van der Waals surface area contributed by atoms with Crippen molar-refractivity contribution in [2.45, 2.75) is 64.1 Å². The van der Waals surface area contributed by atoms with Crippen molar-refractivity contribution in [3.63, 3.8) is 0 Å². The molecule has 2 unspecified atom stereocenters. The van der Waals surface area contributed by atoms with E-state index in [4.69, 9.17) is 4.74 Å². The first-order chi connectivity index (χ1) is 9.33. The molecule has 2 atom stereocenters. The maximum absolute atomic E-state index is 5.80. The van der Waals surface area contributed by atoms with E-state index in [1.54, 1.807) is 0 Å². The predicted molar refractivity (Wildman–Crippen MR) is 77.3 cm³/mol. The Labute approximate surface area is 116 Å². The van der Waals surface area contributed by atoms with Crippen LogP contribution in [-0.2, 0) is 17.7 Å². The van der Waals surface area contributed by atoms with Gasteiger partial charge in [0, 0.05) is 38.0 Å². The van der Waals surface area contributed by atoms with Crippen LogP contribution < -0.4 is 5.32 Å². The Morgan fingerprint density at radius 2 is 2.42 bits per heavy atom. The maximum atomic E-state index is 5.80. The Morgan fingerprint density at radius 3 is 3.11 bits per heavy atom. The highest BCUT2D eigenvalue weighted by Gasteiger charge is 2.17. The lowest BCUT2D eigenvalue weighted by atomic mass is 10.00. The summed E-state index contributed by atoms with van der Waals surface area (Å²) >= 11 is 0. The third-order valence-electron chi connectivity index (χ3n) is 4.09.